The highest BCUT2D eigenvalue weighted by atomic mass is 32.1. The fourth-order valence-corrected chi connectivity index (χ4v) is 3.77. The highest BCUT2D eigenvalue weighted by Gasteiger charge is 2.28. The maximum atomic E-state index is 4.80. The molecule has 21 heavy (non-hydrogen) atoms. The van der Waals surface area contributed by atoms with Gasteiger partial charge < -0.3 is 4.90 Å². The second kappa shape index (κ2) is 4.80. The van der Waals surface area contributed by atoms with E-state index in [0.717, 1.165) is 22.9 Å². The molecular weight excluding hydrogens is 282 g/mol. The normalized spacial score (nSPS) is 22.3. The first kappa shape index (κ1) is 12.8. The van der Waals surface area contributed by atoms with E-state index in [0.29, 0.717) is 12.1 Å². The SMILES string of the molecule is CC1CCC(C)N1c1ccc2nnc(-c3ccsc3)n2n1. The lowest BCUT2D eigenvalue weighted by Crippen LogP contribution is -2.33. The molecule has 0 radical (unpaired) electrons. The van der Waals surface area contributed by atoms with Crippen LogP contribution in [0.4, 0.5) is 5.82 Å². The van der Waals surface area contributed by atoms with Gasteiger partial charge in [-0.25, -0.2) is 0 Å². The Balaban J connectivity index is 1.84. The Hall–Kier alpha value is -1.95. The van der Waals surface area contributed by atoms with Crippen LogP contribution < -0.4 is 4.90 Å². The molecule has 1 aliphatic rings. The van der Waals surface area contributed by atoms with Gasteiger partial charge in [0.1, 0.15) is 5.82 Å². The van der Waals surface area contributed by atoms with E-state index in [1.54, 1.807) is 11.3 Å². The molecule has 0 aromatic carbocycles. The first-order chi connectivity index (χ1) is 10.2. The Morgan fingerprint density at radius 1 is 1.10 bits per heavy atom. The minimum Gasteiger partial charge on any atom is -0.350 e. The van der Waals surface area contributed by atoms with Crippen LogP contribution in [0.25, 0.3) is 17.0 Å². The molecule has 4 heterocycles. The molecule has 3 aromatic heterocycles. The van der Waals surface area contributed by atoms with Crippen molar-refractivity contribution >= 4 is 22.8 Å². The van der Waals surface area contributed by atoms with E-state index in [2.05, 4.69) is 46.5 Å². The van der Waals surface area contributed by atoms with Crippen molar-refractivity contribution < 1.29 is 0 Å². The first-order valence-electron chi connectivity index (χ1n) is 7.27. The zero-order chi connectivity index (χ0) is 14.4. The van der Waals surface area contributed by atoms with E-state index in [1.165, 1.54) is 12.8 Å². The summed E-state index contributed by atoms with van der Waals surface area (Å²) in [7, 11) is 0. The van der Waals surface area contributed by atoms with Crippen LogP contribution in [0.1, 0.15) is 26.7 Å². The van der Waals surface area contributed by atoms with Gasteiger partial charge in [0.2, 0.25) is 0 Å². The van der Waals surface area contributed by atoms with Crippen molar-refractivity contribution in [3.63, 3.8) is 0 Å². The van der Waals surface area contributed by atoms with Crippen molar-refractivity contribution in [2.45, 2.75) is 38.8 Å². The van der Waals surface area contributed by atoms with Crippen molar-refractivity contribution in [2.75, 3.05) is 4.90 Å². The Kier molecular flexibility index (Phi) is 2.92. The monoisotopic (exact) mass is 299 g/mol. The predicted octanol–water partition coefficient (Wildman–Crippen LogP) is 3.23. The average molecular weight is 299 g/mol. The molecule has 3 aromatic rings. The highest BCUT2D eigenvalue weighted by molar-refractivity contribution is 7.08. The summed E-state index contributed by atoms with van der Waals surface area (Å²) in [6, 6.07) is 7.18. The molecule has 0 N–H and O–H groups in total. The van der Waals surface area contributed by atoms with Gasteiger partial charge in [0, 0.05) is 23.0 Å². The molecule has 0 aliphatic carbocycles. The van der Waals surface area contributed by atoms with Crippen LogP contribution in [0, 0.1) is 0 Å². The fraction of sp³-hybridized carbons (Fsp3) is 0.400. The van der Waals surface area contributed by atoms with Crippen LogP contribution in [-0.2, 0) is 0 Å². The Morgan fingerprint density at radius 3 is 2.62 bits per heavy atom. The molecule has 0 saturated carbocycles. The predicted molar refractivity (Wildman–Crippen MR) is 84.7 cm³/mol. The van der Waals surface area contributed by atoms with E-state index in [-0.39, 0.29) is 0 Å². The summed E-state index contributed by atoms with van der Waals surface area (Å²) in [4.78, 5) is 2.40. The first-order valence-corrected chi connectivity index (χ1v) is 8.21. The maximum absolute atomic E-state index is 4.80. The lowest BCUT2D eigenvalue weighted by atomic mass is 10.2. The van der Waals surface area contributed by atoms with E-state index in [4.69, 9.17) is 5.10 Å². The minimum atomic E-state index is 0.533. The molecule has 0 amide bonds. The summed E-state index contributed by atoms with van der Waals surface area (Å²) in [5.74, 6) is 1.82. The summed E-state index contributed by atoms with van der Waals surface area (Å²) in [5, 5.41) is 17.4. The maximum Gasteiger partial charge on any atom is 0.186 e. The van der Waals surface area contributed by atoms with Crippen LogP contribution >= 0.6 is 11.3 Å². The second-order valence-electron chi connectivity index (χ2n) is 5.68. The van der Waals surface area contributed by atoms with Crippen molar-refractivity contribution in [2.24, 2.45) is 0 Å². The van der Waals surface area contributed by atoms with Crippen LogP contribution in [-0.4, -0.2) is 31.9 Å². The number of thiophene rings is 1. The van der Waals surface area contributed by atoms with Crippen molar-refractivity contribution in [1.82, 2.24) is 19.8 Å². The van der Waals surface area contributed by atoms with Gasteiger partial charge in [-0.2, -0.15) is 15.9 Å². The summed E-state index contributed by atoms with van der Waals surface area (Å²) < 4.78 is 1.86. The van der Waals surface area contributed by atoms with E-state index in [1.807, 2.05) is 16.0 Å². The Labute approximate surface area is 127 Å². The van der Waals surface area contributed by atoms with Crippen molar-refractivity contribution in [3.8, 4) is 11.4 Å². The zero-order valence-electron chi connectivity index (χ0n) is 12.1. The standard InChI is InChI=1S/C15H17N5S/c1-10-3-4-11(2)19(10)14-6-5-13-16-17-15(20(13)18-14)12-7-8-21-9-12/h5-11H,3-4H2,1-2H3. The number of anilines is 1. The van der Waals surface area contributed by atoms with Crippen LogP contribution in [0.15, 0.2) is 29.0 Å². The number of nitrogens with zero attached hydrogens (tertiary/aromatic N) is 5. The van der Waals surface area contributed by atoms with E-state index >= 15 is 0 Å². The molecule has 1 fully saturated rings. The summed E-state index contributed by atoms with van der Waals surface area (Å²) >= 11 is 1.66. The Morgan fingerprint density at radius 2 is 1.90 bits per heavy atom. The molecule has 2 atom stereocenters. The van der Waals surface area contributed by atoms with Gasteiger partial charge in [0.25, 0.3) is 0 Å². The van der Waals surface area contributed by atoms with Gasteiger partial charge in [-0.05, 0) is 50.3 Å². The third-order valence-corrected chi connectivity index (χ3v) is 4.93. The van der Waals surface area contributed by atoms with E-state index in [9.17, 15) is 0 Å². The molecule has 6 heteroatoms. The van der Waals surface area contributed by atoms with Crippen molar-refractivity contribution in [1.29, 1.82) is 0 Å². The summed E-state index contributed by atoms with van der Waals surface area (Å²) in [5.41, 5.74) is 1.86. The highest BCUT2D eigenvalue weighted by Crippen LogP contribution is 2.29. The Bertz CT molecular complexity index is 754. The number of rotatable bonds is 2. The van der Waals surface area contributed by atoms with E-state index < -0.39 is 0 Å². The van der Waals surface area contributed by atoms with Gasteiger partial charge in [0.05, 0.1) is 0 Å². The molecule has 0 bridgehead atoms. The third kappa shape index (κ3) is 2.01. The average Bonchev–Trinajstić information content (AvgIpc) is 3.18. The quantitative estimate of drug-likeness (QED) is 0.729. The van der Waals surface area contributed by atoms with Gasteiger partial charge in [-0.1, -0.05) is 0 Å². The van der Waals surface area contributed by atoms with Crippen LogP contribution in [0.3, 0.4) is 0 Å². The van der Waals surface area contributed by atoms with Crippen LogP contribution in [0.2, 0.25) is 0 Å². The van der Waals surface area contributed by atoms with Crippen molar-refractivity contribution in [3.05, 3.63) is 29.0 Å². The fourth-order valence-electron chi connectivity index (χ4n) is 3.14. The summed E-state index contributed by atoms with van der Waals surface area (Å²) in [6.07, 6.45) is 2.45. The minimum absolute atomic E-state index is 0.533. The largest absolute Gasteiger partial charge is 0.350 e. The molecule has 1 aliphatic heterocycles. The number of hydrogen-bond donors (Lipinski definition) is 0. The van der Waals surface area contributed by atoms with Gasteiger partial charge in [0.15, 0.2) is 11.5 Å². The third-order valence-electron chi connectivity index (χ3n) is 4.24. The van der Waals surface area contributed by atoms with Gasteiger partial charge in [-0.15, -0.1) is 15.3 Å². The lowest BCUT2D eigenvalue weighted by Gasteiger charge is -2.27. The smallest absolute Gasteiger partial charge is 0.186 e. The lowest BCUT2D eigenvalue weighted by molar-refractivity contribution is 0.672. The molecule has 1 saturated heterocycles. The second-order valence-corrected chi connectivity index (χ2v) is 6.46. The molecule has 5 nitrogen and oxygen atoms in total. The topological polar surface area (TPSA) is 46.3 Å². The molecule has 0 spiro atoms. The molecular formula is C15H17N5S. The molecule has 2 unspecified atom stereocenters. The molecule has 4 rings (SSSR count). The number of hydrogen-bond acceptors (Lipinski definition) is 5. The summed E-state index contributed by atoms with van der Waals surface area (Å²) in [6.45, 7) is 4.53. The van der Waals surface area contributed by atoms with Gasteiger partial charge >= 0.3 is 0 Å². The number of fused-ring (bicyclic) bond motifs is 1. The zero-order valence-corrected chi connectivity index (χ0v) is 12.9. The van der Waals surface area contributed by atoms with Gasteiger partial charge in [-0.3, -0.25) is 0 Å². The van der Waals surface area contributed by atoms with Crippen LogP contribution in [0.5, 0.6) is 0 Å². The molecule has 108 valence electrons. The number of aromatic nitrogens is 4.